The first-order chi connectivity index (χ1) is 13.9. The molecule has 1 heterocycles. The van der Waals surface area contributed by atoms with Crippen molar-refractivity contribution in [3.8, 4) is 11.5 Å². The molecule has 0 N–H and O–H groups in total. The molecule has 8 heteroatoms. The number of benzene rings is 2. The molecule has 0 unspecified atom stereocenters. The molecule has 0 bridgehead atoms. The molecular weight excluding hydrogens is 397 g/mol. The number of hydrogen-bond acceptors (Lipinski definition) is 5. The lowest BCUT2D eigenvalue weighted by atomic mass is 10.2. The Hall–Kier alpha value is -2.71. The van der Waals surface area contributed by atoms with Crippen molar-refractivity contribution in [2.24, 2.45) is 0 Å². The second kappa shape index (κ2) is 9.19. The molecule has 6 nitrogen and oxygen atoms in total. The molecule has 1 saturated heterocycles. The van der Waals surface area contributed by atoms with Gasteiger partial charge in [0.05, 0.1) is 7.11 Å². The van der Waals surface area contributed by atoms with E-state index in [1.807, 2.05) is 0 Å². The molecule has 1 fully saturated rings. The lowest BCUT2D eigenvalue weighted by molar-refractivity contribution is -0.128. The van der Waals surface area contributed by atoms with Crippen molar-refractivity contribution in [1.29, 1.82) is 0 Å². The molecule has 2 aromatic carbocycles. The number of methoxy groups -OCH3 is 1. The molecule has 3 rings (SSSR count). The van der Waals surface area contributed by atoms with Gasteiger partial charge in [0.1, 0.15) is 22.2 Å². The number of rotatable bonds is 6. The zero-order valence-corrected chi connectivity index (χ0v) is 16.8. The summed E-state index contributed by atoms with van der Waals surface area (Å²) >= 11 is 0. The van der Waals surface area contributed by atoms with Crippen LogP contribution in [0.25, 0.3) is 6.08 Å². The molecule has 154 valence electrons. The number of carbonyl (C=O) groups is 1. The minimum absolute atomic E-state index is 0.0579. The van der Waals surface area contributed by atoms with E-state index >= 15 is 0 Å². The van der Waals surface area contributed by atoms with E-state index in [1.54, 1.807) is 12.1 Å². The third-order valence-corrected chi connectivity index (χ3v) is 6.47. The Bertz CT molecular complexity index is 1010. The van der Waals surface area contributed by atoms with Crippen molar-refractivity contribution >= 4 is 22.1 Å². The maximum atomic E-state index is 13.2. The van der Waals surface area contributed by atoms with E-state index in [0.717, 1.165) is 31.4 Å². The molecule has 1 aliphatic rings. The van der Waals surface area contributed by atoms with Gasteiger partial charge in [-0.3, -0.25) is 0 Å². The van der Waals surface area contributed by atoms with E-state index < -0.39 is 21.8 Å². The van der Waals surface area contributed by atoms with Gasteiger partial charge in [-0.25, -0.2) is 17.6 Å². The molecule has 29 heavy (non-hydrogen) atoms. The number of piperidine rings is 1. The number of ether oxygens (including phenoxy) is 2. The molecule has 0 amide bonds. The molecule has 0 saturated carbocycles. The molecular formula is C21H22FNO5S. The number of hydrogen-bond donors (Lipinski definition) is 0. The number of sulfonamides is 1. The smallest absolute Gasteiger partial charge is 0.336 e. The van der Waals surface area contributed by atoms with Gasteiger partial charge in [-0.2, -0.15) is 4.31 Å². The fourth-order valence-corrected chi connectivity index (χ4v) is 4.80. The van der Waals surface area contributed by atoms with E-state index in [1.165, 1.54) is 41.8 Å². The lowest BCUT2D eigenvalue weighted by Gasteiger charge is -2.26. The predicted molar refractivity (Wildman–Crippen MR) is 107 cm³/mol. The number of esters is 1. The van der Waals surface area contributed by atoms with Gasteiger partial charge in [0.25, 0.3) is 0 Å². The first kappa shape index (κ1) is 21.0. The minimum atomic E-state index is -3.70. The van der Waals surface area contributed by atoms with Crippen LogP contribution in [0.2, 0.25) is 0 Å². The Morgan fingerprint density at radius 3 is 2.55 bits per heavy atom. The zero-order chi connectivity index (χ0) is 20.9. The molecule has 0 atom stereocenters. The second-order valence-corrected chi connectivity index (χ2v) is 8.49. The molecule has 0 aliphatic carbocycles. The summed E-state index contributed by atoms with van der Waals surface area (Å²) in [5.74, 6) is -0.883. The summed E-state index contributed by atoms with van der Waals surface area (Å²) in [5.41, 5.74) is 0.498. The molecule has 0 radical (unpaired) electrons. The summed E-state index contributed by atoms with van der Waals surface area (Å²) in [6, 6.07) is 9.90. The van der Waals surface area contributed by atoms with Crippen LogP contribution in [0.3, 0.4) is 0 Å². The van der Waals surface area contributed by atoms with Gasteiger partial charge < -0.3 is 9.47 Å². The van der Waals surface area contributed by atoms with E-state index in [9.17, 15) is 17.6 Å². The molecule has 0 spiro atoms. The molecule has 0 aromatic heterocycles. The Morgan fingerprint density at radius 1 is 1.10 bits per heavy atom. The van der Waals surface area contributed by atoms with Crippen molar-refractivity contribution in [1.82, 2.24) is 4.31 Å². The zero-order valence-electron chi connectivity index (χ0n) is 16.0. The van der Waals surface area contributed by atoms with Crippen LogP contribution in [0.15, 0.2) is 53.4 Å². The highest BCUT2D eigenvalue weighted by atomic mass is 32.2. The van der Waals surface area contributed by atoms with E-state index in [-0.39, 0.29) is 16.4 Å². The van der Waals surface area contributed by atoms with Gasteiger partial charge in [0, 0.05) is 25.2 Å². The Morgan fingerprint density at radius 2 is 1.86 bits per heavy atom. The summed E-state index contributed by atoms with van der Waals surface area (Å²) in [6.45, 7) is 0.955. The minimum Gasteiger partial charge on any atom is -0.495 e. The number of halogens is 1. The number of carbonyl (C=O) groups excluding carboxylic acids is 1. The van der Waals surface area contributed by atoms with Crippen LogP contribution in [-0.4, -0.2) is 38.9 Å². The summed E-state index contributed by atoms with van der Waals surface area (Å²) in [7, 11) is -2.29. The van der Waals surface area contributed by atoms with Crippen LogP contribution < -0.4 is 9.47 Å². The fraction of sp³-hybridized carbons (Fsp3) is 0.286. The maximum Gasteiger partial charge on any atom is 0.336 e. The third kappa shape index (κ3) is 5.21. The topological polar surface area (TPSA) is 72.9 Å². The monoisotopic (exact) mass is 419 g/mol. The Balaban J connectivity index is 1.80. The van der Waals surface area contributed by atoms with Crippen LogP contribution in [-0.2, 0) is 14.8 Å². The standard InChI is InChI=1S/C21H22FNO5S/c1-27-19-10-8-16(9-11-21(24)28-18-7-5-6-17(22)15-18)14-20(19)29(25,26)23-12-3-2-4-13-23/h5-11,14-15H,2-4,12-13H2,1H3/b11-9+. The van der Waals surface area contributed by atoms with Crippen molar-refractivity contribution < 1.29 is 27.1 Å². The van der Waals surface area contributed by atoms with Gasteiger partial charge >= 0.3 is 5.97 Å². The summed E-state index contributed by atoms with van der Waals surface area (Å²) in [6.07, 6.45) is 5.26. The lowest BCUT2D eigenvalue weighted by Crippen LogP contribution is -2.35. The van der Waals surface area contributed by atoms with Gasteiger partial charge in [-0.15, -0.1) is 0 Å². The Kier molecular flexibility index (Phi) is 6.66. The summed E-state index contributed by atoms with van der Waals surface area (Å²) < 4.78 is 50.9. The van der Waals surface area contributed by atoms with Crippen molar-refractivity contribution in [3.63, 3.8) is 0 Å². The van der Waals surface area contributed by atoms with E-state index in [2.05, 4.69) is 0 Å². The average molecular weight is 419 g/mol. The predicted octanol–water partition coefficient (Wildman–Crippen LogP) is 3.63. The van der Waals surface area contributed by atoms with Gasteiger partial charge in [-0.05, 0) is 48.7 Å². The second-order valence-electron chi connectivity index (χ2n) is 6.59. The van der Waals surface area contributed by atoms with Crippen LogP contribution >= 0.6 is 0 Å². The highest BCUT2D eigenvalue weighted by Gasteiger charge is 2.29. The average Bonchev–Trinajstić information content (AvgIpc) is 2.72. The Labute approximate surface area is 169 Å². The largest absolute Gasteiger partial charge is 0.495 e. The van der Waals surface area contributed by atoms with Crippen LogP contribution in [0.4, 0.5) is 4.39 Å². The van der Waals surface area contributed by atoms with E-state index in [0.29, 0.717) is 18.7 Å². The van der Waals surface area contributed by atoms with Crippen molar-refractivity contribution in [2.45, 2.75) is 24.2 Å². The van der Waals surface area contributed by atoms with Gasteiger partial charge in [0.15, 0.2) is 0 Å². The normalized spacial score (nSPS) is 15.4. The van der Waals surface area contributed by atoms with Crippen molar-refractivity contribution in [3.05, 3.63) is 59.9 Å². The number of nitrogens with zero attached hydrogens (tertiary/aromatic N) is 1. The third-order valence-electron chi connectivity index (χ3n) is 4.55. The molecule has 2 aromatic rings. The SMILES string of the molecule is COc1ccc(/C=C/C(=O)Oc2cccc(F)c2)cc1S(=O)(=O)N1CCCCC1. The van der Waals surface area contributed by atoms with E-state index in [4.69, 9.17) is 9.47 Å². The van der Waals surface area contributed by atoms with Crippen LogP contribution in [0.1, 0.15) is 24.8 Å². The first-order valence-electron chi connectivity index (χ1n) is 9.24. The first-order valence-corrected chi connectivity index (χ1v) is 10.7. The highest BCUT2D eigenvalue weighted by molar-refractivity contribution is 7.89. The van der Waals surface area contributed by atoms with Crippen LogP contribution in [0.5, 0.6) is 11.5 Å². The maximum absolute atomic E-state index is 13.2. The molecule has 1 aliphatic heterocycles. The van der Waals surface area contributed by atoms with Gasteiger partial charge in [-0.1, -0.05) is 18.6 Å². The quantitative estimate of drug-likeness (QED) is 0.406. The van der Waals surface area contributed by atoms with Crippen molar-refractivity contribution in [2.75, 3.05) is 20.2 Å². The van der Waals surface area contributed by atoms with Gasteiger partial charge in [0.2, 0.25) is 10.0 Å². The van der Waals surface area contributed by atoms with Crippen LogP contribution in [0, 0.1) is 5.82 Å². The summed E-state index contributed by atoms with van der Waals surface area (Å²) in [5, 5.41) is 0. The highest BCUT2D eigenvalue weighted by Crippen LogP contribution is 2.30. The fourth-order valence-electron chi connectivity index (χ4n) is 3.09. The summed E-state index contributed by atoms with van der Waals surface area (Å²) in [4.78, 5) is 12.0.